The van der Waals surface area contributed by atoms with Crippen molar-refractivity contribution in [3.63, 3.8) is 0 Å². The van der Waals surface area contributed by atoms with E-state index in [4.69, 9.17) is 9.47 Å². The van der Waals surface area contributed by atoms with Gasteiger partial charge in [-0.1, -0.05) is 17.7 Å². The van der Waals surface area contributed by atoms with Gasteiger partial charge >= 0.3 is 6.03 Å². The number of benzene rings is 1. The lowest BCUT2D eigenvalue weighted by Gasteiger charge is -2.08. The number of hydrogen-bond donors (Lipinski definition) is 2. The summed E-state index contributed by atoms with van der Waals surface area (Å²) < 4.78 is 10.5. The summed E-state index contributed by atoms with van der Waals surface area (Å²) in [6.45, 7) is 4.51. The van der Waals surface area contributed by atoms with Gasteiger partial charge in [-0.3, -0.25) is 0 Å². The van der Waals surface area contributed by atoms with Gasteiger partial charge in [0.2, 0.25) is 0 Å². The van der Waals surface area contributed by atoms with Gasteiger partial charge in [-0.15, -0.1) is 0 Å². The zero-order valence-electron chi connectivity index (χ0n) is 12.3. The molecule has 0 saturated carbocycles. The molecule has 0 heterocycles. The number of carbonyl (C=O) groups is 1. The molecule has 0 spiro atoms. The highest BCUT2D eigenvalue weighted by molar-refractivity contribution is 5.73. The molecule has 5 heteroatoms. The van der Waals surface area contributed by atoms with Gasteiger partial charge in [-0.05, 0) is 31.9 Å². The zero-order chi connectivity index (χ0) is 14.6. The second-order valence-electron chi connectivity index (χ2n) is 4.54. The molecular formula is C15H24N2O3. The van der Waals surface area contributed by atoms with Crippen molar-refractivity contribution in [2.75, 3.05) is 33.4 Å². The second-order valence-corrected chi connectivity index (χ2v) is 4.54. The Hall–Kier alpha value is -1.75. The molecular weight excluding hydrogens is 256 g/mol. The Balaban J connectivity index is 1.98. The summed E-state index contributed by atoms with van der Waals surface area (Å²) in [5.74, 6) is 0.861. The van der Waals surface area contributed by atoms with Crippen LogP contribution < -0.4 is 15.4 Å². The van der Waals surface area contributed by atoms with Gasteiger partial charge in [0.05, 0.1) is 6.61 Å². The van der Waals surface area contributed by atoms with Crippen LogP contribution in [0.1, 0.15) is 18.4 Å². The van der Waals surface area contributed by atoms with Crippen LogP contribution in [0.2, 0.25) is 0 Å². The first-order valence-electron chi connectivity index (χ1n) is 6.92. The van der Waals surface area contributed by atoms with E-state index in [2.05, 4.69) is 10.6 Å². The van der Waals surface area contributed by atoms with Crippen LogP contribution in [0.5, 0.6) is 5.75 Å². The van der Waals surface area contributed by atoms with E-state index >= 15 is 0 Å². The number of methoxy groups -OCH3 is 1. The third-order valence-corrected chi connectivity index (χ3v) is 2.71. The van der Waals surface area contributed by atoms with Gasteiger partial charge in [0.1, 0.15) is 5.75 Å². The van der Waals surface area contributed by atoms with Crippen LogP contribution in [0.4, 0.5) is 4.79 Å². The fraction of sp³-hybridized carbons (Fsp3) is 0.533. The second kappa shape index (κ2) is 10.1. The number of ether oxygens (including phenoxy) is 2. The molecule has 0 aliphatic rings. The fourth-order valence-corrected chi connectivity index (χ4v) is 1.58. The van der Waals surface area contributed by atoms with Crippen molar-refractivity contribution >= 4 is 6.03 Å². The van der Waals surface area contributed by atoms with Crippen LogP contribution in [0.3, 0.4) is 0 Å². The normalized spacial score (nSPS) is 10.1. The monoisotopic (exact) mass is 280 g/mol. The van der Waals surface area contributed by atoms with Gasteiger partial charge < -0.3 is 20.1 Å². The van der Waals surface area contributed by atoms with Gasteiger partial charge in [0.15, 0.2) is 0 Å². The highest BCUT2D eigenvalue weighted by atomic mass is 16.5. The van der Waals surface area contributed by atoms with E-state index in [1.165, 1.54) is 5.56 Å². The molecule has 5 nitrogen and oxygen atoms in total. The molecule has 112 valence electrons. The molecule has 1 aromatic rings. The molecule has 2 N–H and O–H groups in total. The maximum Gasteiger partial charge on any atom is 0.314 e. The van der Waals surface area contributed by atoms with Crippen LogP contribution >= 0.6 is 0 Å². The van der Waals surface area contributed by atoms with E-state index in [0.29, 0.717) is 26.3 Å². The summed E-state index contributed by atoms with van der Waals surface area (Å²) in [5, 5.41) is 5.55. The predicted molar refractivity (Wildman–Crippen MR) is 79.2 cm³/mol. The average molecular weight is 280 g/mol. The lowest BCUT2D eigenvalue weighted by atomic mass is 10.2. The molecule has 0 atom stereocenters. The molecule has 0 radical (unpaired) electrons. The van der Waals surface area contributed by atoms with Crippen molar-refractivity contribution < 1.29 is 14.3 Å². The minimum absolute atomic E-state index is 0.142. The lowest BCUT2D eigenvalue weighted by molar-refractivity contribution is 0.193. The molecule has 1 aromatic carbocycles. The van der Waals surface area contributed by atoms with Crippen LogP contribution in [0.15, 0.2) is 24.3 Å². The quantitative estimate of drug-likeness (QED) is 0.681. The molecule has 0 saturated heterocycles. The zero-order valence-corrected chi connectivity index (χ0v) is 12.3. The lowest BCUT2D eigenvalue weighted by Crippen LogP contribution is -2.37. The number of urea groups is 1. The summed E-state index contributed by atoms with van der Waals surface area (Å²) in [4.78, 5) is 11.4. The summed E-state index contributed by atoms with van der Waals surface area (Å²) in [6, 6.07) is 7.79. The van der Waals surface area contributed by atoms with Crippen LogP contribution in [-0.4, -0.2) is 39.4 Å². The van der Waals surface area contributed by atoms with Crippen LogP contribution in [0.25, 0.3) is 0 Å². The minimum atomic E-state index is -0.142. The van der Waals surface area contributed by atoms with E-state index in [9.17, 15) is 4.79 Å². The number of aryl methyl sites for hydroxylation is 1. The third-order valence-electron chi connectivity index (χ3n) is 2.71. The number of carbonyl (C=O) groups excluding carboxylic acids is 1. The van der Waals surface area contributed by atoms with Crippen molar-refractivity contribution in [3.05, 3.63) is 29.8 Å². The van der Waals surface area contributed by atoms with Crippen molar-refractivity contribution in [1.29, 1.82) is 0 Å². The van der Waals surface area contributed by atoms with Crippen molar-refractivity contribution in [2.45, 2.75) is 19.8 Å². The van der Waals surface area contributed by atoms with Gasteiger partial charge in [-0.25, -0.2) is 4.79 Å². The number of nitrogens with one attached hydrogen (secondary N) is 2. The SMILES string of the molecule is COCCCNC(=O)NCCCOc1ccc(C)cc1. The van der Waals surface area contributed by atoms with E-state index in [0.717, 1.165) is 18.6 Å². The first kappa shape index (κ1) is 16.3. The molecule has 0 fully saturated rings. The Kier molecular flexibility index (Phi) is 8.22. The highest BCUT2D eigenvalue weighted by Gasteiger charge is 1.98. The summed E-state index contributed by atoms with van der Waals surface area (Å²) in [5.41, 5.74) is 1.21. The van der Waals surface area contributed by atoms with Gasteiger partial charge in [0.25, 0.3) is 0 Å². The molecule has 2 amide bonds. The minimum Gasteiger partial charge on any atom is -0.494 e. The molecule has 0 aromatic heterocycles. The van der Waals surface area contributed by atoms with Gasteiger partial charge in [-0.2, -0.15) is 0 Å². The summed E-state index contributed by atoms with van der Waals surface area (Å²) >= 11 is 0. The standard InChI is InChI=1S/C15H24N2O3/c1-13-5-7-14(8-6-13)20-12-4-10-17-15(18)16-9-3-11-19-2/h5-8H,3-4,9-12H2,1-2H3,(H2,16,17,18). The summed E-state index contributed by atoms with van der Waals surface area (Å²) in [6.07, 6.45) is 1.60. The van der Waals surface area contributed by atoms with E-state index in [-0.39, 0.29) is 6.03 Å². The molecule has 20 heavy (non-hydrogen) atoms. The number of hydrogen-bond acceptors (Lipinski definition) is 3. The van der Waals surface area contributed by atoms with E-state index in [1.54, 1.807) is 7.11 Å². The number of amides is 2. The maximum absolute atomic E-state index is 11.4. The van der Waals surface area contributed by atoms with Crippen LogP contribution in [0, 0.1) is 6.92 Å². The third kappa shape index (κ3) is 7.63. The van der Waals surface area contributed by atoms with Crippen molar-refractivity contribution in [1.82, 2.24) is 10.6 Å². The molecule has 0 aliphatic heterocycles. The molecule has 0 bridgehead atoms. The maximum atomic E-state index is 11.4. The van der Waals surface area contributed by atoms with Gasteiger partial charge in [0, 0.05) is 26.8 Å². The van der Waals surface area contributed by atoms with Crippen LogP contribution in [-0.2, 0) is 4.74 Å². The Morgan fingerprint density at radius 3 is 2.25 bits per heavy atom. The Morgan fingerprint density at radius 2 is 1.65 bits per heavy atom. The topological polar surface area (TPSA) is 59.6 Å². The fourth-order valence-electron chi connectivity index (χ4n) is 1.58. The van der Waals surface area contributed by atoms with Crippen molar-refractivity contribution in [3.8, 4) is 5.75 Å². The Morgan fingerprint density at radius 1 is 1.05 bits per heavy atom. The largest absolute Gasteiger partial charge is 0.494 e. The smallest absolute Gasteiger partial charge is 0.314 e. The van der Waals surface area contributed by atoms with Crippen molar-refractivity contribution in [2.24, 2.45) is 0 Å². The Labute approximate surface area is 120 Å². The molecule has 0 aliphatic carbocycles. The first-order chi connectivity index (χ1) is 9.72. The summed E-state index contributed by atoms with van der Waals surface area (Å²) in [7, 11) is 1.65. The predicted octanol–water partition coefficient (Wildman–Crippen LogP) is 2.10. The average Bonchev–Trinajstić information content (AvgIpc) is 2.45. The van der Waals surface area contributed by atoms with E-state index in [1.807, 2.05) is 31.2 Å². The highest BCUT2D eigenvalue weighted by Crippen LogP contribution is 2.11. The number of rotatable bonds is 9. The molecule has 1 rings (SSSR count). The molecule has 0 unspecified atom stereocenters. The van der Waals surface area contributed by atoms with E-state index < -0.39 is 0 Å². The first-order valence-corrected chi connectivity index (χ1v) is 6.92. The Bertz CT molecular complexity index is 379.